The summed E-state index contributed by atoms with van der Waals surface area (Å²) in [6.45, 7) is 5.12. The highest BCUT2D eigenvalue weighted by molar-refractivity contribution is 7.98. The maximum atomic E-state index is 12.6. The van der Waals surface area contributed by atoms with Crippen LogP contribution in [-0.2, 0) is 4.79 Å². The Kier molecular flexibility index (Phi) is 6.12. The van der Waals surface area contributed by atoms with Gasteiger partial charge in [-0.05, 0) is 36.8 Å². The van der Waals surface area contributed by atoms with Gasteiger partial charge in [0.15, 0.2) is 0 Å². The molecule has 1 aliphatic rings. The maximum absolute atomic E-state index is 12.6. The minimum atomic E-state index is -0.0123. The van der Waals surface area contributed by atoms with E-state index in [1.165, 1.54) is 10.5 Å². The van der Waals surface area contributed by atoms with E-state index in [0.29, 0.717) is 0 Å². The van der Waals surface area contributed by atoms with E-state index in [2.05, 4.69) is 49.7 Å². The second-order valence-electron chi connectivity index (χ2n) is 5.57. The second-order valence-corrected chi connectivity index (χ2v) is 6.45. The van der Waals surface area contributed by atoms with Crippen LogP contribution in [0.25, 0.3) is 0 Å². The van der Waals surface area contributed by atoms with Crippen LogP contribution in [0.3, 0.4) is 0 Å². The molecule has 1 N–H and O–H groups in total. The Morgan fingerprint density at radius 1 is 1.19 bits per heavy atom. The van der Waals surface area contributed by atoms with Gasteiger partial charge in [0.2, 0.25) is 5.91 Å². The molecule has 1 heterocycles. The van der Waals surface area contributed by atoms with Crippen LogP contribution in [0.4, 0.5) is 0 Å². The van der Waals surface area contributed by atoms with E-state index in [-0.39, 0.29) is 18.1 Å². The van der Waals surface area contributed by atoms with Crippen molar-refractivity contribution in [3.8, 4) is 0 Å². The lowest BCUT2D eigenvalue weighted by molar-refractivity contribution is -0.130. The summed E-state index contributed by atoms with van der Waals surface area (Å²) >= 11 is 1.74. The highest BCUT2D eigenvalue weighted by Gasteiger charge is 2.38. The summed E-state index contributed by atoms with van der Waals surface area (Å²) in [5.41, 5.74) is 1.19. The van der Waals surface area contributed by atoms with Crippen LogP contribution >= 0.6 is 11.8 Å². The van der Waals surface area contributed by atoms with Crippen molar-refractivity contribution in [2.24, 2.45) is 0 Å². The molecule has 2 atom stereocenters. The van der Waals surface area contributed by atoms with Crippen molar-refractivity contribution in [3.63, 3.8) is 0 Å². The van der Waals surface area contributed by atoms with Gasteiger partial charge in [0.05, 0.1) is 6.04 Å². The zero-order valence-corrected chi connectivity index (χ0v) is 14.1. The minimum absolute atomic E-state index is 0.0123. The molecular weight excluding hydrogens is 280 g/mol. The van der Waals surface area contributed by atoms with Gasteiger partial charge in [-0.3, -0.25) is 10.1 Å². The van der Waals surface area contributed by atoms with Gasteiger partial charge in [-0.25, -0.2) is 0 Å². The van der Waals surface area contributed by atoms with Gasteiger partial charge in [-0.2, -0.15) is 0 Å². The third kappa shape index (κ3) is 3.80. The first-order chi connectivity index (χ1) is 10.2. The molecule has 0 saturated carbocycles. The fourth-order valence-corrected chi connectivity index (χ4v) is 3.25. The van der Waals surface area contributed by atoms with Crippen LogP contribution in [0.5, 0.6) is 0 Å². The SMILES string of the molecule is CCCCC1NC(c2ccc(SC)cc2)N(CCC)C1=O. The van der Waals surface area contributed by atoms with Crippen molar-refractivity contribution in [1.82, 2.24) is 10.2 Å². The van der Waals surface area contributed by atoms with Crippen molar-refractivity contribution in [1.29, 1.82) is 0 Å². The zero-order valence-electron chi connectivity index (χ0n) is 13.3. The highest BCUT2D eigenvalue weighted by atomic mass is 32.2. The average Bonchev–Trinajstić information content (AvgIpc) is 2.83. The summed E-state index contributed by atoms with van der Waals surface area (Å²) in [6, 6.07) is 8.54. The number of thioether (sulfide) groups is 1. The lowest BCUT2D eigenvalue weighted by atomic mass is 10.1. The number of nitrogens with one attached hydrogen (secondary N) is 1. The van der Waals surface area contributed by atoms with Crippen LogP contribution in [0.1, 0.15) is 51.3 Å². The van der Waals surface area contributed by atoms with E-state index in [4.69, 9.17) is 0 Å². The van der Waals surface area contributed by atoms with Gasteiger partial charge in [-0.15, -0.1) is 11.8 Å². The molecular formula is C17H26N2OS. The topological polar surface area (TPSA) is 32.3 Å². The minimum Gasteiger partial charge on any atom is -0.322 e. The van der Waals surface area contributed by atoms with Gasteiger partial charge in [0.1, 0.15) is 6.17 Å². The first-order valence-electron chi connectivity index (χ1n) is 7.91. The molecule has 4 heteroatoms. The van der Waals surface area contributed by atoms with Crippen LogP contribution in [-0.4, -0.2) is 29.6 Å². The number of carbonyl (C=O) groups excluding carboxylic acids is 1. The maximum Gasteiger partial charge on any atom is 0.241 e. The summed E-state index contributed by atoms with van der Waals surface area (Å²) < 4.78 is 0. The summed E-state index contributed by atoms with van der Waals surface area (Å²) in [5.74, 6) is 0.268. The molecule has 2 unspecified atom stereocenters. The summed E-state index contributed by atoms with van der Waals surface area (Å²) in [4.78, 5) is 15.8. The summed E-state index contributed by atoms with van der Waals surface area (Å²) in [7, 11) is 0. The summed E-state index contributed by atoms with van der Waals surface area (Å²) in [6.07, 6.45) is 6.28. The molecule has 2 rings (SSSR count). The van der Waals surface area contributed by atoms with Gasteiger partial charge in [-0.1, -0.05) is 38.8 Å². The number of carbonyl (C=O) groups is 1. The standard InChI is InChI=1S/C17H26N2OS/c1-4-6-7-15-17(20)19(12-5-2)16(18-15)13-8-10-14(21-3)11-9-13/h8-11,15-16,18H,4-7,12H2,1-3H3. The number of nitrogens with zero attached hydrogens (tertiary/aromatic N) is 1. The van der Waals surface area contributed by atoms with E-state index in [9.17, 15) is 4.79 Å². The quantitative estimate of drug-likeness (QED) is 0.778. The lowest BCUT2D eigenvalue weighted by Crippen LogP contribution is -2.31. The molecule has 1 saturated heterocycles. The predicted molar refractivity (Wildman–Crippen MR) is 89.4 cm³/mol. The number of hydrogen-bond acceptors (Lipinski definition) is 3. The largest absolute Gasteiger partial charge is 0.322 e. The molecule has 21 heavy (non-hydrogen) atoms. The second kappa shape index (κ2) is 7.85. The molecule has 0 bridgehead atoms. The molecule has 1 aromatic rings. The predicted octanol–water partition coefficient (Wildman–Crippen LogP) is 3.81. The Morgan fingerprint density at radius 3 is 2.48 bits per heavy atom. The fraction of sp³-hybridized carbons (Fsp3) is 0.588. The third-order valence-electron chi connectivity index (χ3n) is 3.99. The van der Waals surface area contributed by atoms with Crippen molar-refractivity contribution >= 4 is 17.7 Å². The molecule has 0 radical (unpaired) electrons. The number of rotatable bonds is 7. The molecule has 3 nitrogen and oxygen atoms in total. The molecule has 0 aliphatic carbocycles. The van der Waals surface area contributed by atoms with E-state index in [1.807, 2.05) is 4.90 Å². The van der Waals surface area contributed by atoms with Crippen molar-refractivity contribution in [3.05, 3.63) is 29.8 Å². The number of unbranched alkanes of at least 4 members (excludes halogenated alkanes) is 1. The molecule has 1 aromatic carbocycles. The molecule has 1 fully saturated rings. The van der Waals surface area contributed by atoms with E-state index in [0.717, 1.165) is 32.2 Å². The van der Waals surface area contributed by atoms with E-state index < -0.39 is 0 Å². The average molecular weight is 306 g/mol. The number of benzene rings is 1. The first-order valence-corrected chi connectivity index (χ1v) is 9.14. The molecule has 0 spiro atoms. The van der Waals surface area contributed by atoms with E-state index in [1.54, 1.807) is 11.8 Å². The van der Waals surface area contributed by atoms with Gasteiger partial charge < -0.3 is 4.90 Å². The van der Waals surface area contributed by atoms with Crippen molar-refractivity contribution in [2.75, 3.05) is 12.8 Å². The van der Waals surface area contributed by atoms with Gasteiger partial charge in [0.25, 0.3) is 0 Å². The highest BCUT2D eigenvalue weighted by Crippen LogP contribution is 2.28. The van der Waals surface area contributed by atoms with Crippen molar-refractivity contribution in [2.45, 2.75) is 56.6 Å². The Bertz CT molecular complexity index is 460. The Morgan fingerprint density at radius 2 is 1.90 bits per heavy atom. The van der Waals surface area contributed by atoms with Crippen LogP contribution in [0, 0.1) is 0 Å². The number of amides is 1. The van der Waals surface area contributed by atoms with Gasteiger partial charge >= 0.3 is 0 Å². The van der Waals surface area contributed by atoms with Crippen LogP contribution in [0.15, 0.2) is 29.2 Å². The Balaban J connectivity index is 2.16. The first kappa shape index (κ1) is 16.4. The van der Waals surface area contributed by atoms with Crippen LogP contribution in [0.2, 0.25) is 0 Å². The summed E-state index contributed by atoms with van der Waals surface area (Å²) in [5, 5.41) is 3.53. The van der Waals surface area contributed by atoms with E-state index >= 15 is 0 Å². The Labute approximate surface area is 132 Å². The fourth-order valence-electron chi connectivity index (χ4n) is 2.84. The molecule has 116 valence electrons. The number of hydrogen-bond donors (Lipinski definition) is 1. The van der Waals surface area contributed by atoms with Gasteiger partial charge in [0, 0.05) is 11.4 Å². The Hall–Kier alpha value is -1.00. The lowest BCUT2D eigenvalue weighted by Gasteiger charge is -2.24. The molecule has 1 aliphatic heterocycles. The molecule has 0 aromatic heterocycles. The monoisotopic (exact) mass is 306 g/mol. The molecule has 1 amide bonds. The zero-order chi connectivity index (χ0) is 15.2. The third-order valence-corrected chi connectivity index (χ3v) is 4.74. The van der Waals surface area contributed by atoms with Crippen molar-refractivity contribution < 1.29 is 4.79 Å². The van der Waals surface area contributed by atoms with Crippen LogP contribution < -0.4 is 5.32 Å². The smallest absolute Gasteiger partial charge is 0.241 e. The normalized spacial score (nSPS) is 22.0.